The summed E-state index contributed by atoms with van der Waals surface area (Å²) in [6.45, 7) is 2.61. The molecular weight excluding hydrogens is 286 g/mol. The van der Waals surface area contributed by atoms with Gasteiger partial charge in [0.25, 0.3) is 0 Å². The second-order valence-corrected chi connectivity index (χ2v) is 6.25. The molecule has 4 heteroatoms. The summed E-state index contributed by atoms with van der Waals surface area (Å²) in [5, 5.41) is 0. The summed E-state index contributed by atoms with van der Waals surface area (Å²) in [7, 11) is 0. The monoisotopic (exact) mass is 309 g/mol. The Morgan fingerprint density at radius 1 is 1.22 bits per heavy atom. The Morgan fingerprint density at radius 3 is 2.83 bits per heavy atom. The van der Waals surface area contributed by atoms with Gasteiger partial charge in [-0.15, -0.1) is 0 Å². The highest BCUT2D eigenvalue weighted by atomic mass is 16.1. The molecular formula is C19H23N3O. The van der Waals surface area contributed by atoms with Gasteiger partial charge < -0.3 is 5.73 Å². The van der Waals surface area contributed by atoms with Gasteiger partial charge in [-0.1, -0.05) is 36.4 Å². The van der Waals surface area contributed by atoms with E-state index in [-0.39, 0.29) is 5.92 Å². The molecule has 4 nitrogen and oxygen atoms in total. The normalized spacial score (nSPS) is 18.7. The minimum atomic E-state index is 0.127. The highest BCUT2D eigenvalue weighted by Crippen LogP contribution is 2.22. The molecule has 2 aromatic rings. The molecule has 1 aliphatic rings. The van der Waals surface area contributed by atoms with Crippen LogP contribution in [0.25, 0.3) is 0 Å². The van der Waals surface area contributed by atoms with Crippen LogP contribution in [0.15, 0.2) is 48.7 Å². The standard InChI is InChI=1S/C19H23N3O/c20-19-17(8-4-10-21-19)14-22-11-5-9-16(13-22)18(23)12-15-6-2-1-3-7-15/h1-4,6-8,10,16H,5,9,11-14H2,(H2,20,21). The topological polar surface area (TPSA) is 59.2 Å². The predicted octanol–water partition coefficient (Wildman–Crippen LogP) is 2.69. The zero-order valence-corrected chi connectivity index (χ0v) is 13.3. The molecule has 0 amide bonds. The molecule has 23 heavy (non-hydrogen) atoms. The number of carbonyl (C=O) groups excluding carboxylic acids is 1. The molecule has 1 unspecified atom stereocenters. The van der Waals surface area contributed by atoms with Crippen LogP contribution < -0.4 is 5.73 Å². The molecule has 1 fully saturated rings. The number of Topliss-reactive ketones (excluding diaryl/α,β-unsaturated/α-hetero) is 1. The lowest BCUT2D eigenvalue weighted by Crippen LogP contribution is -2.38. The summed E-state index contributed by atoms with van der Waals surface area (Å²) in [4.78, 5) is 19.0. The fraction of sp³-hybridized carbons (Fsp3) is 0.368. The lowest BCUT2D eigenvalue weighted by atomic mass is 9.90. The third-order valence-corrected chi connectivity index (χ3v) is 4.50. The highest BCUT2D eigenvalue weighted by Gasteiger charge is 2.25. The number of hydrogen-bond donors (Lipinski definition) is 1. The molecule has 0 radical (unpaired) electrons. The first-order valence-corrected chi connectivity index (χ1v) is 8.21. The van der Waals surface area contributed by atoms with E-state index in [1.807, 2.05) is 42.5 Å². The fourth-order valence-electron chi connectivity index (χ4n) is 3.23. The summed E-state index contributed by atoms with van der Waals surface area (Å²) in [6, 6.07) is 13.9. The van der Waals surface area contributed by atoms with Gasteiger partial charge in [0.2, 0.25) is 0 Å². The van der Waals surface area contributed by atoms with E-state index >= 15 is 0 Å². The number of anilines is 1. The Kier molecular flexibility index (Phi) is 5.03. The van der Waals surface area contributed by atoms with Crippen molar-refractivity contribution in [1.82, 2.24) is 9.88 Å². The van der Waals surface area contributed by atoms with Gasteiger partial charge >= 0.3 is 0 Å². The summed E-state index contributed by atoms with van der Waals surface area (Å²) < 4.78 is 0. The predicted molar refractivity (Wildman–Crippen MR) is 91.8 cm³/mol. The number of pyridine rings is 1. The second kappa shape index (κ2) is 7.38. The molecule has 1 saturated heterocycles. The molecule has 0 spiro atoms. The minimum absolute atomic E-state index is 0.127. The van der Waals surface area contributed by atoms with E-state index in [0.717, 1.165) is 43.6 Å². The number of ketones is 1. The summed E-state index contributed by atoms with van der Waals surface area (Å²) in [6.07, 6.45) is 4.30. The van der Waals surface area contributed by atoms with Gasteiger partial charge in [0, 0.05) is 37.2 Å². The first-order valence-electron chi connectivity index (χ1n) is 8.21. The van der Waals surface area contributed by atoms with Crippen LogP contribution in [0.5, 0.6) is 0 Å². The zero-order valence-electron chi connectivity index (χ0n) is 13.3. The van der Waals surface area contributed by atoms with Gasteiger partial charge in [-0.3, -0.25) is 9.69 Å². The Morgan fingerprint density at radius 2 is 2.04 bits per heavy atom. The zero-order chi connectivity index (χ0) is 16.1. The Hall–Kier alpha value is -2.20. The maximum absolute atomic E-state index is 12.6. The molecule has 1 aromatic heterocycles. The van der Waals surface area contributed by atoms with Crippen molar-refractivity contribution in [2.75, 3.05) is 18.8 Å². The Balaban J connectivity index is 1.59. The van der Waals surface area contributed by atoms with E-state index in [1.165, 1.54) is 0 Å². The lowest BCUT2D eigenvalue weighted by molar-refractivity contribution is -0.123. The van der Waals surface area contributed by atoms with Gasteiger partial charge in [-0.25, -0.2) is 4.98 Å². The van der Waals surface area contributed by atoms with Crippen molar-refractivity contribution >= 4 is 11.6 Å². The Labute approximate surface area is 137 Å². The lowest BCUT2D eigenvalue weighted by Gasteiger charge is -2.32. The van der Waals surface area contributed by atoms with Crippen molar-refractivity contribution in [2.24, 2.45) is 5.92 Å². The van der Waals surface area contributed by atoms with Crippen LogP contribution in [0.2, 0.25) is 0 Å². The third kappa shape index (κ3) is 4.17. The molecule has 0 saturated carbocycles. The third-order valence-electron chi connectivity index (χ3n) is 4.50. The van der Waals surface area contributed by atoms with Crippen molar-refractivity contribution in [3.8, 4) is 0 Å². The van der Waals surface area contributed by atoms with E-state index in [4.69, 9.17) is 5.73 Å². The SMILES string of the molecule is Nc1ncccc1CN1CCCC(C(=O)Cc2ccccc2)C1. The summed E-state index contributed by atoms with van der Waals surface area (Å²) >= 11 is 0. The largest absolute Gasteiger partial charge is 0.383 e. The average molecular weight is 309 g/mol. The maximum atomic E-state index is 12.6. The number of aromatic nitrogens is 1. The number of likely N-dealkylation sites (tertiary alicyclic amines) is 1. The molecule has 120 valence electrons. The number of piperidine rings is 1. The first kappa shape index (κ1) is 15.7. The average Bonchev–Trinajstić information content (AvgIpc) is 2.58. The summed E-state index contributed by atoms with van der Waals surface area (Å²) in [5.41, 5.74) is 8.08. The molecule has 3 rings (SSSR count). The van der Waals surface area contributed by atoms with Crippen LogP contribution in [-0.4, -0.2) is 28.8 Å². The van der Waals surface area contributed by atoms with Crippen molar-refractivity contribution in [2.45, 2.75) is 25.8 Å². The Bertz CT molecular complexity index is 657. The number of rotatable bonds is 5. The molecule has 0 bridgehead atoms. The van der Waals surface area contributed by atoms with Crippen molar-refractivity contribution in [1.29, 1.82) is 0 Å². The molecule has 0 aliphatic carbocycles. The second-order valence-electron chi connectivity index (χ2n) is 6.25. The van der Waals surface area contributed by atoms with E-state index in [0.29, 0.717) is 18.0 Å². The molecule has 1 aliphatic heterocycles. The maximum Gasteiger partial charge on any atom is 0.141 e. The van der Waals surface area contributed by atoms with Crippen molar-refractivity contribution < 1.29 is 4.79 Å². The quantitative estimate of drug-likeness (QED) is 0.922. The first-order chi connectivity index (χ1) is 11.2. The van der Waals surface area contributed by atoms with Gasteiger partial charge in [0.15, 0.2) is 0 Å². The van der Waals surface area contributed by atoms with E-state index in [2.05, 4.69) is 9.88 Å². The van der Waals surface area contributed by atoms with E-state index < -0.39 is 0 Å². The van der Waals surface area contributed by atoms with Crippen LogP contribution in [0, 0.1) is 5.92 Å². The van der Waals surface area contributed by atoms with Gasteiger partial charge in [0.1, 0.15) is 11.6 Å². The smallest absolute Gasteiger partial charge is 0.141 e. The van der Waals surface area contributed by atoms with Gasteiger partial charge in [-0.2, -0.15) is 0 Å². The van der Waals surface area contributed by atoms with Crippen LogP contribution >= 0.6 is 0 Å². The van der Waals surface area contributed by atoms with Crippen molar-refractivity contribution in [3.05, 3.63) is 59.8 Å². The van der Waals surface area contributed by atoms with Crippen LogP contribution in [0.4, 0.5) is 5.82 Å². The molecule has 1 atom stereocenters. The van der Waals surface area contributed by atoms with Crippen LogP contribution in [-0.2, 0) is 17.8 Å². The van der Waals surface area contributed by atoms with Crippen LogP contribution in [0.1, 0.15) is 24.0 Å². The number of benzene rings is 1. The number of nitrogens with zero attached hydrogens (tertiary/aromatic N) is 2. The minimum Gasteiger partial charge on any atom is -0.383 e. The van der Waals surface area contributed by atoms with Gasteiger partial charge in [0.05, 0.1) is 0 Å². The molecule has 2 N–H and O–H groups in total. The van der Waals surface area contributed by atoms with E-state index in [9.17, 15) is 4.79 Å². The van der Waals surface area contributed by atoms with Crippen molar-refractivity contribution in [3.63, 3.8) is 0 Å². The number of nitrogen functional groups attached to an aromatic ring is 1. The van der Waals surface area contributed by atoms with E-state index in [1.54, 1.807) is 6.20 Å². The number of carbonyl (C=O) groups is 1. The number of hydrogen-bond acceptors (Lipinski definition) is 4. The van der Waals surface area contributed by atoms with Crippen LogP contribution in [0.3, 0.4) is 0 Å². The highest BCUT2D eigenvalue weighted by molar-refractivity contribution is 5.83. The molecule has 2 heterocycles. The summed E-state index contributed by atoms with van der Waals surface area (Å²) in [5.74, 6) is 1.06. The molecule has 1 aromatic carbocycles. The fourth-order valence-corrected chi connectivity index (χ4v) is 3.23. The van der Waals surface area contributed by atoms with Gasteiger partial charge in [-0.05, 0) is 31.0 Å². The number of nitrogens with two attached hydrogens (primary N) is 1.